The molecule has 0 spiro atoms. The molecule has 3 rings (SSSR count). The van der Waals surface area contributed by atoms with Crippen LogP contribution in [0, 0.1) is 0 Å². The summed E-state index contributed by atoms with van der Waals surface area (Å²) >= 11 is 0. The molecule has 0 radical (unpaired) electrons. The van der Waals surface area contributed by atoms with E-state index in [1.165, 1.54) is 4.57 Å². The van der Waals surface area contributed by atoms with E-state index in [1.54, 1.807) is 24.3 Å². The molecule has 2 aromatic carbocycles. The predicted octanol–water partition coefficient (Wildman–Crippen LogP) is 2.84. The highest BCUT2D eigenvalue weighted by atomic mass is 32.2. The first-order chi connectivity index (χ1) is 13.3. The molecule has 0 bridgehead atoms. The number of carbonyl (C=O) groups excluding carboxylic acids is 1. The molecule has 0 aliphatic rings. The number of hydrogen-bond donors (Lipinski definition) is 0. The summed E-state index contributed by atoms with van der Waals surface area (Å²) in [7, 11) is -4.71. The van der Waals surface area contributed by atoms with Gasteiger partial charge < -0.3 is 9.15 Å². The van der Waals surface area contributed by atoms with Crippen molar-refractivity contribution in [1.29, 1.82) is 0 Å². The zero-order chi connectivity index (χ0) is 20.3. The van der Waals surface area contributed by atoms with Crippen LogP contribution in [0.25, 0.3) is 11.1 Å². The maximum absolute atomic E-state index is 12.5. The summed E-state index contributed by atoms with van der Waals surface area (Å²) in [5.41, 5.74) is 1.12. The summed E-state index contributed by atoms with van der Waals surface area (Å²) in [4.78, 5) is 23.2. The van der Waals surface area contributed by atoms with Gasteiger partial charge in [0.1, 0.15) is 0 Å². The summed E-state index contributed by atoms with van der Waals surface area (Å²) < 4.78 is 59.3. The number of carbonyl (C=O) groups is 1. The van der Waals surface area contributed by atoms with E-state index < -0.39 is 32.2 Å². The number of fused-ring (bicyclic) bond motifs is 1. The summed E-state index contributed by atoms with van der Waals surface area (Å²) in [5.74, 6) is -4.78. The third-order valence-corrected chi connectivity index (χ3v) is 5.38. The number of rotatable bonds is 7. The summed E-state index contributed by atoms with van der Waals surface area (Å²) in [6.07, 6.45) is 0.340. The lowest BCUT2D eigenvalue weighted by Gasteiger charge is -2.07. The number of alkyl halides is 2. The Balaban J connectivity index is 1.57. The molecule has 0 saturated heterocycles. The van der Waals surface area contributed by atoms with Crippen LogP contribution in [-0.4, -0.2) is 31.3 Å². The van der Waals surface area contributed by atoms with E-state index in [2.05, 4.69) is 0 Å². The third-order valence-electron chi connectivity index (χ3n) is 3.99. The van der Waals surface area contributed by atoms with Crippen LogP contribution in [0.1, 0.15) is 16.8 Å². The van der Waals surface area contributed by atoms with Crippen LogP contribution in [0.3, 0.4) is 0 Å². The van der Waals surface area contributed by atoms with Gasteiger partial charge in [-0.25, -0.2) is 18.0 Å². The molecule has 1 aromatic heterocycles. The average molecular weight is 411 g/mol. The largest absolute Gasteiger partial charge is 0.462 e. The standard InChI is InChI=1S/C18H15F2NO6S/c19-17(20)28(24,25)13-8-6-12(7-9-13)16(22)26-11-3-10-21-14-4-1-2-5-15(14)27-18(21)23/h1-2,4-9,17H,3,10-11H2. The Bertz CT molecular complexity index is 1150. The summed E-state index contributed by atoms with van der Waals surface area (Å²) in [6.45, 7) is 0.274. The van der Waals surface area contributed by atoms with E-state index in [0.29, 0.717) is 17.5 Å². The Hall–Kier alpha value is -3.01. The highest BCUT2D eigenvalue weighted by Crippen LogP contribution is 2.19. The highest BCUT2D eigenvalue weighted by Gasteiger charge is 2.26. The molecule has 28 heavy (non-hydrogen) atoms. The lowest BCUT2D eigenvalue weighted by molar-refractivity contribution is 0.0495. The smallest absolute Gasteiger partial charge is 0.419 e. The number of benzene rings is 2. The number of esters is 1. The van der Waals surface area contributed by atoms with Gasteiger partial charge in [-0.15, -0.1) is 0 Å². The normalized spacial score (nSPS) is 11.8. The van der Waals surface area contributed by atoms with Crippen molar-refractivity contribution in [3.8, 4) is 0 Å². The molecule has 1 heterocycles. The minimum Gasteiger partial charge on any atom is -0.462 e. The van der Waals surface area contributed by atoms with Gasteiger partial charge in [-0.1, -0.05) is 12.1 Å². The van der Waals surface area contributed by atoms with Crippen LogP contribution in [0.5, 0.6) is 0 Å². The van der Waals surface area contributed by atoms with Gasteiger partial charge in [0.15, 0.2) is 5.58 Å². The number of nitrogens with zero attached hydrogens (tertiary/aromatic N) is 1. The molecule has 0 saturated carbocycles. The number of halogens is 2. The molecule has 0 aliphatic heterocycles. The van der Waals surface area contributed by atoms with Crippen molar-refractivity contribution in [3.05, 3.63) is 64.6 Å². The Morgan fingerprint density at radius 2 is 1.79 bits per heavy atom. The Kier molecular flexibility index (Phi) is 5.59. The summed E-state index contributed by atoms with van der Waals surface area (Å²) in [5, 5.41) is 0. The van der Waals surface area contributed by atoms with Crippen molar-refractivity contribution in [2.45, 2.75) is 23.6 Å². The molecule has 3 aromatic rings. The lowest BCUT2D eigenvalue weighted by atomic mass is 10.2. The van der Waals surface area contributed by atoms with Crippen LogP contribution >= 0.6 is 0 Å². The van der Waals surface area contributed by atoms with Gasteiger partial charge in [-0.3, -0.25) is 4.57 Å². The topological polar surface area (TPSA) is 95.6 Å². The van der Waals surface area contributed by atoms with Crippen molar-refractivity contribution in [2.24, 2.45) is 0 Å². The summed E-state index contributed by atoms with van der Waals surface area (Å²) in [6, 6.07) is 11.0. The zero-order valence-electron chi connectivity index (χ0n) is 14.4. The maximum Gasteiger partial charge on any atom is 0.419 e. The number of ether oxygens (including phenoxy) is 1. The highest BCUT2D eigenvalue weighted by molar-refractivity contribution is 7.91. The van der Waals surface area contributed by atoms with Gasteiger partial charge in [-0.05, 0) is 42.8 Å². The fourth-order valence-electron chi connectivity index (χ4n) is 2.58. The van der Waals surface area contributed by atoms with Crippen molar-refractivity contribution in [1.82, 2.24) is 4.57 Å². The molecule has 7 nitrogen and oxygen atoms in total. The molecule has 0 atom stereocenters. The lowest BCUT2D eigenvalue weighted by Crippen LogP contribution is -2.16. The van der Waals surface area contributed by atoms with Gasteiger partial charge >= 0.3 is 17.5 Å². The maximum atomic E-state index is 12.5. The Morgan fingerprint density at radius 1 is 1.11 bits per heavy atom. The SMILES string of the molecule is O=C(OCCCn1c(=O)oc2ccccc21)c1ccc(S(=O)(=O)C(F)F)cc1. The van der Waals surface area contributed by atoms with E-state index in [1.807, 2.05) is 0 Å². The van der Waals surface area contributed by atoms with Crippen LogP contribution in [0.2, 0.25) is 0 Å². The molecule has 0 aliphatic carbocycles. The van der Waals surface area contributed by atoms with Gasteiger partial charge in [-0.2, -0.15) is 8.78 Å². The monoisotopic (exact) mass is 411 g/mol. The molecule has 148 valence electrons. The van der Waals surface area contributed by atoms with Crippen LogP contribution in [0.4, 0.5) is 8.78 Å². The first-order valence-electron chi connectivity index (χ1n) is 8.18. The molecule has 10 heteroatoms. The third kappa shape index (κ3) is 3.96. The molecule has 0 amide bonds. The van der Waals surface area contributed by atoms with Gasteiger partial charge in [0.25, 0.3) is 0 Å². The molecule has 0 fully saturated rings. The van der Waals surface area contributed by atoms with Crippen molar-refractivity contribution >= 4 is 26.9 Å². The Labute approximate surface area is 158 Å². The van der Waals surface area contributed by atoms with Crippen molar-refractivity contribution in [2.75, 3.05) is 6.61 Å². The molecular formula is C18H15F2NO6S. The van der Waals surface area contributed by atoms with E-state index in [0.717, 1.165) is 24.3 Å². The minimum atomic E-state index is -4.71. The quantitative estimate of drug-likeness (QED) is 0.438. The average Bonchev–Trinajstić information content (AvgIpc) is 3.00. The van der Waals surface area contributed by atoms with E-state index in [-0.39, 0.29) is 18.7 Å². The van der Waals surface area contributed by atoms with Gasteiger partial charge in [0, 0.05) is 6.54 Å². The van der Waals surface area contributed by atoms with Gasteiger partial charge in [0.05, 0.1) is 22.6 Å². The first kappa shape index (κ1) is 19.7. The number of aromatic nitrogens is 1. The number of para-hydroxylation sites is 2. The fourth-order valence-corrected chi connectivity index (χ4v) is 3.30. The van der Waals surface area contributed by atoms with E-state index >= 15 is 0 Å². The van der Waals surface area contributed by atoms with Crippen LogP contribution in [0.15, 0.2) is 62.6 Å². The second-order valence-corrected chi connectivity index (χ2v) is 7.72. The molecule has 0 unspecified atom stereocenters. The van der Waals surface area contributed by atoms with Crippen molar-refractivity contribution < 1.29 is 31.1 Å². The Morgan fingerprint density at radius 3 is 2.46 bits per heavy atom. The minimum absolute atomic E-state index is 0.00185. The van der Waals surface area contributed by atoms with E-state index in [4.69, 9.17) is 9.15 Å². The zero-order valence-corrected chi connectivity index (χ0v) is 15.2. The fraction of sp³-hybridized carbons (Fsp3) is 0.222. The number of sulfone groups is 1. The predicted molar refractivity (Wildman–Crippen MR) is 95.0 cm³/mol. The van der Waals surface area contributed by atoms with Crippen LogP contribution in [-0.2, 0) is 21.1 Å². The number of hydrogen-bond acceptors (Lipinski definition) is 6. The number of aryl methyl sites for hydroxylation is 1. The van der Waals surface area contributed by atoms with Crippen molar-refractivity contribution in [3.63, 3.8) is 0 Å². The van der Waals surface area contributed by atoms with Crippen LogP contribution < -0.4 is 5.76 Å². The first-order valence-corrected chi connectivity index (χ1v) is 9.73. The number of oxazole rings is 1. The molecule has 0 N–H and O–H groups in total. The molecular weight excluding hydrogens is 396 g/mol. The second kappa shape index (κ2) is 7.93. The van der Waals surface area contributed by atoms with Gasteiger partial charge in [0.2, 0.25) is 9.84 Å². The second-order valence-electron chi connectivity index (χ2n) is 5.81. The van der Waals surface area contributed by atoms with E-state index in [9.17, 15) is 26.8 Å².